The van der Waals surface area contributed by atoms with Gasteiger partial charge in [0.1, 0.15) is 5.75 Å². The van der Waals surface area contributed by atoms with Crippen LogP contribution in [-0.4, -0.2) is 63.3 Å². The number of carbonyl (C=O) groups is 2. The monoisotopic (exact) mass is 414 g/mol. The molecule has 0 aromatic heterocycles. The van der Waals surface area contributed by atoms with Gasteiger partial charge in [0.05, 0.1) is 32.6 Å². The van der Waals surface area contributed by atoms with E-state index in [9.17, 15) is 9.59 Å². The number of benzene rings is 2. The summed E-state index contributed by atoms with van der Waals surface area (Å²) in [7, 11) is 1.48. The van der Waals surface area contributed by atoms with Gasteiger partial charge >= 0.3 is 0 Å². The number of rotatable bonds is 8. The summed E-state index contributed by atoms with van der Waals surface area (Å²) in [5.74, 6) is 0.939. The van der Waals surface area contributed by atoms with Gasteiger partial charge in [-0.05, 0) is 37.3 Å². The fraction of sp³-hybridized carbons (Fsp3) is 0.364. The topological polar surface area (TPSA) is 86.3 Å². The van der Waals surface area contributed by atoms with Gasteiger partial charge in [0.15, 0.2) is 18.1 Å². The van der Waals surface area contributed by atoms with Crippen LogP contribution in [-0.2, 0) is 9.53 Å². The first-order valence-corrected chi connectivity index (χ1v) is 9.82. The number of nitrogens with one attached hydrogen (secondary N) is 1. The molecule has 2 aromatic rings. The largest absolute Gasteiger partial charge is 0.493 e. The Hall–Kier alpha value is -3.26. The van der Waals surface area contributed by atoms with Crippen molar-refractivity contribution in [3.05, 3.63) is 48.0 Å². The maximum Gasteiger partial charge on any atom is 0.260 e. The second kappa shape index (κ2) is 10.5. The standard InChI is InChI=1S/C22H26N2O6/c1-3-29-18-7-5-4-6-17(18)23-22(26)16-8-9-19(20(14-16)27-2)30-15-21(25)24-10-12-28-13-11-24/h4-9,14H,3,10-13,15H2,1-2H3,(H,23,26). The molecule has 0 atom stereocenters. The molecular weight excluding hydrogens is 388 g/mol. The van der Waals surface area contributed by atoms with E-state index >= 15 is 0 Å². The van der Waals surface area contributed by atoms with Crippen LogP contribution in [0.4, 0.5) is 5.69 Å². The number of amides is 2. The number of para-hydroxylation sites is 2. The Bertz CT molecular complexity index is 880. The van der Waals surface area contributed by atoms with Crippen LogP contribution >= 0.6 is 0 Å². The highest BCUT2D eigenvalue weighted by Crippen LogP contribution is 2.29. The molecule has 0 spiro atoms. The van der Waals surface area contributed by atoms with E-state index in [1.807, 2.05) is 19.1 Å². The Labute approximate surface area is 175 Å². The highest BCUT2D eigenvalue weighted by atomic mass is 16.5. The number of carbonyl (C=O) groups excluding carboxylic acids is 2. The summed E-state index contributed by atoms with van der Waals surface area (Å²) in [6, 6.07) is 12.0. The third-order valence-electron chi connectivity index (χ3n) is 4.58. The van der Waals surface area contributed by atoms with E-state index in [1.54, 1.807) is 35.2 Å². The van der Waals surface area contributed by atoms with Gasteiger partial charge in [0.2, 0.25) is 0 Å². The number of morpholine rings is 1. The molecule has 2 aromatic carbocycles. The summed E-state index contributed by atoms with van der Waals surface area (Å²) in [6.07, 6.45) is 0. The molecule has 8 heteroatoms. The number of ether oxygens (including phenoxy) is 4. The van der Waals surface area contributed by atoms with E-state index in [1.165, 1.54) is 7.11 Å². The van der Waals surface area contributed by atoms with Gasteiger partial charge in [-0.15, -0.1) is 0 Å². The number of anilines is 1. The van der Waals surface area contributed by atoms with Crippen LogP contribution in [0.15, 0.2) is 42.5 Å². The van der Waals surface area contributed by atoms with E-state index in [4.69, 9.17) is 18.9 Å². The van der Waals surface area contributed by atoms with Crippen molar-refractivity contribution in [3.63, 3.8) is 0 Å². The molecule has 1 fully saturated rings. The van der Waals surface area contributed by atoms with Gasteiger partial charge in [-0.25, -0.2) is 0 Å². The second-order valence-corrected chi connectivity index (χ2v) is 6.53. The van der Waals surface area contributed by atoms with Crippen molar-refractivity contribution < 1.29 is 28.5 Å². The quantitative estimate of drug-likeness (QED) is 0.715. The van der Waals surface area contributed by atoms with Crippen molar-refractivity contribution >= 4 is 17.5 Å². The zero-order valence-electron chi connectivity index (χ0n) is 17.2. The molecule has 0 unspecified atom stereocenters. The van der Waals surface area contributed by atoms with Crippen LogP contribution in [0.5, 0.6) is 17.2 Å². The molecule has 0 saturated carbocycles. The summed E-state index contributed by atoms with van der Waals surface area (Å²) in [5.41, 5.74) is 0.977. The fourth-order valence-corrected chi connectivity index (χ4v) is 3.02. The van der Waals surface area contributed by atoms with Gasteiger partial charge in [0, 0.05) is 18.7 Å². The smallest absolute Gasteiger partial charge is 0.260 e. The van der Waals surface area contributed by atoms with Crippen LogP contribution in [0, 0.1) is 0 Å². The highest BCUT2D eigenvalue weighted by Gasteiger charge is 2.19. The molecule has 0 aliphatic carbocycles. The SMILES string of the molecule is CCOc1ccccc1NC(=O)c1ccc(OCC(=O)N2CCOCC2)c(OC)c1. The Morgan fingerprint density at radius 1 is 1.03 bits per heavy atom. The zero-order chi connectivity index (χ0) is 21.3. The first-order valence-electron chi connectivity index (χ1n) is 9.82. The molecule has 2 amide bonds. The predicted octanol–water partition coefficient (Wildman–Crippen LogP) is 2.58. The van der Waals surface area contributed by atoms with Gasteiger partial charge in [0.25, 0.3) is 11.8 Å². The maximum absolute atomic E-state index is 12.7. The minimum absolute atomic E-state index is 0.108. The van der Waals surface area contributed by atoms with Gasteiger partial charge in [-0.3, -0.25) is 9.59 Å². The number of nitrogens with zero attached hydrogens (tertiary/aromatic N) is 1. The number of hydrogen-bond acceptors (Lipinski definition) is 6. The predicted molar refractivity (Wildman–Crippen MR) is 111 cm³/mol. The Balaban J connectivity index is 1.66. The Morgan fingerprint density at radius 3 is 2.53 bits per heavy atom. The van der Waals surface area contributed by atoms with Gasteiger partial charge in [-0.1, -0.05) is 12.1 Å². The van der Waals surface area contributed by atoms with E-state index < -0.39 is 0 Å². The maximum atomic E-state index is 12.7. The minimum atomic E-state index is -0.309. The lowest BCUT2D eigenvalue weighted by molar-refractivity contribution is -0.137. The van der Waals surface area contributed by atoms with Crippen molar-refractivity contribution in [2.75, 3.05) is 51.9 Å². The summed E-state index contributed by atoms with van der Waals surface area (Å²) >= 11 is 0. The Kier molecular flexibility index (Phi) is 7.51. The molecule has 1 aliphatic heterocycles. The summed E-state index contributed by atoms with van der Waals surface area (Å²) in [6.45, 7) is 4.45. The van der Waals surface area contributed by atoms with Crippen LogP contribution in [0.1, 0.15) is 17.3 Å². The number of methoxy groups -OCH3 is 1. The molecule has 1 heterocycles. The highest BCUT2D eigenvalue weighted by molar-refractivity contribution is 6.05. The second-order valence-electron chi connectivity index (χ2n) is 6.53. The van der Waals surface area contributed by atoms with E-state index in [0.717, 1.165) is 0 Å². The lowest BCUT2D eigenvalue weighted by Crippen LogP contribution is -2.43. The first kappa shape index (κ1) is 21.4. The lowest BCUT2D eigenvalue weighted by Gasteiger charge is -2.26. The molecular formula is C22H26N2O6. The van der Waals surface area contributed by atoms with E-state index in [0.29, 0.717) is 61.4 Å². The van der Waals surface area contributed by atoms with E-state index in [2.05, 4.69) is 5.32 Å². The zero-order valence-corrected chi connectivity index (χ0v) is 17.2. The normalized spacial score (nSPS) is 13.5. The van der Waals surface area contributed by atoms with Gasteiger partial charge in [-0.2, -0.15) is 0 Å². The molecule has 160 valence electrons. The summed E-state index contributed by atoms with van der Waals surface area (Å²) in [4.78, 5) is 26.7. The molecule has 8 nitrogen and oxygen atoms in total. The molecule has 3 rings (SSSR count). The number of hydrogen-bond donors (Lipinski definition) is 1. The van der Waals surface area contributed by atoms with Crippen molar-refractivity contribution in [1.82, 2.24) is 4.90 Å². The van der Waals surface area contributed by atoms with Crippen LogP contribution < -0.4 is 19.5 Å². The average molecular weight is 414 g/mol. The van der Waals surface area contributed by atoms with Crippen LogP contribution in [0.25, 0.3) is 0 Å². The fourth-order valence-electron chi connectivity index (χ4n) is 3.02. The van der Waals surface area contributed by atoms with Gasteiger partial charge < -0.3 is 29.2 Å². The van der Waals surface area contributed by atoms with E-state index in [-0.39, 0.29) is 18.4 Å². The van der Waals surface area contributed by atoms with Crippen molar-refractivity contribution in [3.8, 4) is 17.2 Å². The third kappa shape index (κ3) is 5.42. The van der Waals surface area contributed by atoms with Crippen molar-refractivity contribution in [2.45, 2.75) is 6.92 Å². The third-order valence-corrected chi connectivity index (χ3v) is 4.58. The molecule has 1 saturated heterocycles. The molecule has 0 radical (unpaired) electrons. The molecule has 0 bridgehead atoms. The summed E-state index contributed by atoms with van der Waals surface area (Å²) < 4.78 is 21.8. The molecule has 1 N–H and O–H groups in total. The summed E-state index contributed by atoms with van der Waals surface area (Å²) in [5, 5.41) is 2.84. The molecule has 1 aliphatic rings. The Morgan fingerprint density at radius 2 is 1.80 bits per heavy atom. The van der Waals surface area contributed by atoms with Crippen LogP contribution in [0.2, 0.25) is 0 Å². The van der Waals surface area contributed by atoms with Crippen molar-refractivity contribution in [1.29, 1.82) is 0 Å². The minimum Gasteiger partial charge on any atom is -0.493 e. The van der Waals surface area contributed by atoms with Crippen LogP contribution in [0.3, 0.4) is 0 Å². The average Bonchev–Trinajstić information content (AvgIpc) is 2.79. The lowest BCUT2D eigenvalue weighted by atomic mass is 10.1. The first-order chi connectivity index (χ1) is 14.6. The molecule has 30 heavy (non-hydrogen) atoms. The van der Waals surface area contributed by atoms with Crippen molar-refractivity contribution in [2.24, 2.45) is 0 Å².